The first-order chi connectivity index (χ1) is 9.72. The van der Waals surface area contributed by atoms with Crippen LogP contribution >= 0.6 is 0 Å². The maximum Gasteiger partial charge on any atom is 0.127 e. The lowest BCUT2D eigenvalue weighted by molar-refractivity contribution is 0.131. The predicted molar refractivity (Wildman–Crippen MR) is 81.2 cm³/mol. The van der Waals surface area contributed by atoms with Crippen LogP contribution in [-0.4, -0.2) is 49.1 Å². The van der Waals surface area contributed by atoms with E-state index in [0.717, 1.165) is 63.5 Å². The summed E-state index contributed by atoms with van der Waals surface area (Å²) in [6.45, 7) is 12.1. The number of hydrogen-bond acceptors (Lipinski definition) is 3. The van der Waals surface area contributed by atoms with Crippen molar-refractivity contribution in [3.8, 4) is 0 Å². The summed E-state index contributed by atoms with van der Waals surface area (Å²) in [5, 5.41) is 3.29. The normalized spacial score (nSPS) is 17.6. The number of hydrogen-bond donors (Lipinski definition) is 1. The third-order valence-corrected chi connectivity index (χ3v) is 4.00. The summed E-state index contributed by atoms with van der Waals surface area (Å²) in [7, 11) is 0. The number of nitrogens with one attached hydrogen (secondary N) is 1. The molecule has 1 N–H and O–H groups in total. The fourth-order valence-electron chi connectivity index (χ4n) is 2.63. The van der Waals surface area contributed by atoms with Gasteiger partial charge in [0.05, 0.1) is 0 Å². The molecule has 2 rings (SSSR count). The molecule has 0 saturated carbocycles. The second-order valence-corrected chi connectivity index (χ2v) is 5.42. The number of rotatable bonds is 6. The number of halogens is 1. The van der Waals surface area contributed by atoms with Crippen molar-refractivity contribution in [2.24, 2.45) is 0 Å². The number of nitrogens with zero attached hydrogens (tertiary/aromatic N) is 2. The highest BCUT2D eigenvalue weighted by Gasteiger charge is 2.16. The van der Waals surface area contributed by atoms with Gasteiger partial charge in [0, 0.05) is 44.8 Å². The van der Waals surface area contributed by atoms with E-state index >= 15 is 0 Å². The SMILES string of the molecule is CCNCc1ccc(F)c(CN2CCN(CC)CC2)c1. The predicted octanol–water partition coefficient (Wildman–Crippen LogP) is 2.07. The Morgan fingerprint density at radius 1 is 1.10 bits per heavy atom. The summed E-state index contributed by atoms with van der Waals surface area (Å²) >= 11 is 0. The van der Waals surface area contributed by atoms with Gasteiger partial charge in [-0.2, -0.15) is 0 Å². The summed E-state index contributed by atoms with van der Waals surface area (Å²) in [5.41, 5.74) is 1.99. The van der Waals surface area contributed by atoms with Crippen LogP contribution in [0, 0.1) is 5.82 Å². The third-order valence-electron chi connectivity index (χ3n) is 4.00. The van der Waals surface area contributed by atoms with E-state index in [2.05, 4.69) is 29.0 Å². The van der Waals surface area contributed by atoms with Gasteiger partial charge in [-0.05, 0) is 24.7 Å². The molecule has 1 aromatic carbocycles. The zero-order valence-electron chi connectivity index (χ0n) is 12.7. The molecule has 1 saturated heterocycles. The molecule has 0 bridgehead atoms. The minimum absolute atomic E-state index is 0.0804. The Hall–Kier alpha value is -0.970. The molecule has 1 heterocycles. The van der Waals surface area contributed by atoms with Crippen LogP contribution in [0.2, 0.25) is 0 Å². The molecule has 4 heteroatoms. The van der Waals surface area contributed by atoms with Gasteiger partial charge in [0.1, 0.15) is 5.82 Å². The van der Waals surface area contributed by atoms with Crippen LogP contribution in [0.4, 0.5) is 4.39 Å². The van der Waals surface area contributed by atoms with Crippen molar-refractivity contribution < 1.29 is 4.39 Å². The second-order valence-electron chi connectivity index (χ2n) is 5.42. The summed E-state index contributed by atoms with van der Waals surface area (Å²) in [4.78, 5) is 4.79. The summed E-state index contributed by atoms with van der Waals surface area (Å²) in [5.74, 6) is -0.0804. The summed E-state index contributed by atoms with van der Waals surface area (Å²) in [6.07, 6.45) is 0. The van der Waals surface area contributed by atoms with Crippen LogP contribution < -0.4 is 5.32 Å². The number of piperazine rings is 1. The van der Waals surface area contributed by atoms with Gasteiger partial charge in [-0.3, -0.25) is 4.90 Å². The highest BCUT2D eigenvalue weighted by Crippen LogP contribution is 2.14. The first kappa shape index (κ1) is 15.4. The lowest BCUT2D eigenvalue weighted by Crippen LogP contribution is -2.45. The van der Waals surface area contributed by atoms with Gasteiger partial charge < -0.3 is 10.2 Å². The van der Waals surface area contributed by atoms with Gasteiger partial charge in [0.15, 0.2) is 0 Å². The topological polar surface area (TPSA) is 18.5 Å². The molecule has 0 aliphatic carbocycles. The molecule has 1 aliphatic rings. The number of likely N-dealkylation sites (N-methyl/N-ethyl adjacent to an activating group) is 1. The van der Waals surface area contributed by atoms with Gasteiger partial charge >= 0.3 is 0 Å². The van der Waals surface area contributed by atoms with Crippen LogP contribution in [0.15, 0.2) is 18.2 Å². The van der Waals surface area contributed by atoms with Gasteiger partial charge in [-0.1, -0.05) is 26.0 Å². The lowest BCUT2D eigenvalue weighted by Gasteiger charge is -2.34. The van der Waals surface area contributed by atoms with E-state index in [9.17, 15) is 4.39 Å². The van der Waals surface area contributed by atoms with E-state index < -0.39 is 0 Å². The molecule has 0 unspecified atom stereocenters. The molecule has 20 heavy (non-hydrogen) atoms. The van der Waals surface area contributed by atoms with E-state index in [4.69, 9.17) is 0 Å². The first-order valence-electron chi connectivity index (χ1n) is 7.65. The van der Waals surface area contributed by atoms with Crippen LogP contribution in [0.5, 0.6) is 0 Å². The Morgan fingerprint density at radius 3 is 2.45 bits per heavy atom. The van der Waals surface area contributed by atoms with Crippen LogP contribution in [-0.2, 0) is 13.1 Å². The van der Waals surface area contributed by atoms with Crippen LogP contribution in [0.1, 0.15) is 25.0 Å². The Kier molecular flexibility index (Phi) is 5.95. The molecule has 112 valence electrons. The van der Waals surface area contributed by atoms with Crippen LogP contribution in [0.3, 0.4) is 0 Å². The van der Waals surface area contributed by atoms with Gasteiger partial charge in [-0.25, -0.2) is 4.39 Å². The molecule has 0 radical (unpaired) electrons. The van der Waals surface area contributed by atoms with Crippen molar-refractivity contribution >= 4 is 0 Å². The molecule has 1 aliphatic heterocycles. The van der Waals surface area contributed by atoms with E-state index in [1.54, 1.807) is 6.07 Å². The van der Waals surface area contributed by atoms with Crippen molar-refractivity contribution in [2.45, 2.75) is 26.9 Å². The third kappa shape index (κ3) is 4.27. The quantitative estimate of drug-likeness (QED) is 0.860. The molecule has 3 nitrogen and oxygen atoms in total. The van der Waals surface area contributed by atoms with Gasteiger partial charge in [-0.15, -0.1) is 0 Å². The van der Waals surface area contributed by atoms with Gasteiger partial charge in [0.25, 0.3) is 0 Å². The van der Waals surface area contributed by atoms with E-state index in [0.29, 0.717) is 0 Å². The highest BCUT2D eigenvalue weighted by atomic mass is 19.1. The van der Waals surface area contributed by atoms with E-state index in [1.165, 1.54) is 0 Å². The molecule has 0 atom stereocenters. The second kappa shape index (κ2) is 7.72. The van der Waals surface area contributed by atoms with Crippen molar-refractivity contribution in [2.75, 3.05) is 39.3 Å². The standard InChI is InChI=1S/C16H26FN3/c1-3-18-12-14-5-6-16(17)15(11-14)13-20-9-7-19(4-2)8-10-20/h5-6,11,18H,3-4,7-10,12-13H2,1-2H3. The minimum Gasteiger partial charge on any atom is -0.313 e. The highest BCUT2D eigenvalue weighted by molar-refractivity contribution is 5.25. The zero-order valence-corrected chi connectivity index (χ0v) is 12.7. The minimum atomic E-state index is -0.0804. The largest absolute Gasteiger partial charge is 0.313 e. The molecule has 1 aromatic rings. The Morgan fingerprint density at radius 2 is 1.80 bits per heavy atom. The maximum absolute atomic E-state index is 13.9. The van der Waals surface area contributed by atoms with Crippen molar-refractivity contribution in [3.05, 3.63) is 35.1 Å². The summed E-state index contributed by atoms with van der Waals surface area (Å²) in [6, 6.07) is 5.48. The molecular weight excluding hydrogens is 253 g/mol. The average molecular weight is 279 g/mol. The maximum atomic E-state index is 13.9. The van der Waals surface area contributed by atoms with Crippen LogP contribution in [0.25, 0.3) is 0 Å². The molecule has 0 aromatic heterocycles. The first-order valence-corrected chi connectivity index (χ1v) is 7.65. The lowest BCUT2D eigenvalue weighted by atomic mass is 10.1. The van der Waals surface area contributed by atoms with Crippen molar-refractivity contribution in [3.63, 3.8) is 0 Å². The average Bonchev–Trinajstić information content (AvgIpc) is 2.49. The van der Waals surface area contributed by atoms with Crippen molar-refractivity contribution in [1.82, 2.24) is 15.1 Å². The zero-order chi connectivity index (χ0) is 14.4. The fourth-order valence-corrected chi connectivity index (χ4v) is 2.63. The van der Waals surface area contributed by atoms with E-state index in [-0.39, 0.29) is 5.82 Å². The van der Waals surface area contributed by atoms with Crippen molar-refractivity contribution in [1.29, 1.82) is 0 Å². The Balaban J connectivity index is 1.94. The van der Waals surface area contributed by atoms with E-state index in [1.807, 2.05) is 12.1 Å². The summed E-state index contributed by atoms with van der Waals surface area (Å²) < 4.78 is 13.9. The Bertz CT molecular complexity index is 414. The Labute approximate surface area is 121 Å². The smallest absolute Gasteiger partial charge is 0.127 e. The molecule has 0 amide bonds. The monoisotopic (exact) mass is 279 g/mol. The fraction of sp³-hybridized carbons (Fsp3) is 0.625. The molecule has 1 fully saturated rings. The molecule has 0 spiro atoms. The molecular formula is C16H26FN3. The number of benzene rings is 1. The van der Waals surface area contributed by atoms with Gasteiger partial charge in [0.2, 0.25) is 0 Å².